The number of benzene rings is 1. The Morgan fingerprint density at radius 1 is 1.28 bits per heavy atom. The number of aliphatic hydroxyl groups excluding tert-OH is 1. The number of amides is 1. The number of aliphatic hydroxyl groups is 1. The smallest absolute Gasteiger partial charge is 0.428 e. The van der Waals surface area contributed by atoms with Crippen molar-refractivity contribution in [1.29, 1.82) is 0 Å². The van der Waals surface area contributed by atoms with Crippen LogP contribution in [0.3, 0.4) is 0 Å². The number of carbonyl (C=O) groups excluding carboxylic acids is 1. The topological polar surface area (TPSA) is 83.0 Å². The fourth-order valence-electron chi connectivity index (χ4n) is 1.91. The van der Waals surface area contributed by atoms with Crippen LogP contribution >= 0.6 is 0 Å². The van der Waals surface area contributed by atoms with Crippen molar-refractivity contribution < 1.29 is 41.0 Å². The fraction of sp³-hybridized carbons (Fsp3) is 0.385. The number of halogens is 6. The SMILES string of the molecule is O=C1NN=C(c2ccc(NC(F)[C@H](F)C(O)F)c(C(F)(F)F)c2)CO1. The summed E-state index contributed by atoms with van der Waals surface area (Å²) in [5.74, 6) is 0. The summed E-state index contributed by atoms with van der Waals surface area (Å²) >= 11 is 0. The number of nitrogens with one attached hydrogen (secondary N) is 2. The van der Waals surface area contributed by atoms with Gasteiger partial charge in [-0.15, -0.1) is 0 Å². The Kier molecular flexibility index (Phi) is 5.40. The van der Waals surface area contributed by atoms with Crippen molar-refractivity contribution in [2.45, 2.75) is 25.0 Å². The van der Waals surface area contributed by atoms with Gasteiger partial charge in [0.2, 0.25) is 18.8 Å². The molecule has 0 saturated carbocycles. The van der Waals surface area contributed by atoms with E-state index in [1.165, 1.54) is 5.32 Å². The summed E-state index contributed by atoms with van der Waals surface area (Å²) in [5.41, 5.74) is -0.454. The molecule has 12 heteroatoms. The zero-order valence-corrected chi connectivity index (χ0v) is 12.1. The first-order valence-corrected chi connectivity index (χ1v) is 6.67. The molecule has 0 saturated heterocycles. The average molecular weight is 371 g/mol. The van der Waals surface area contributed by atoms with Gasteiger partial charge in [0.05, 0.1) is 5.56 Å². The van der Waals surface area contributed by atoms with Crippen molar-refractivity contribution >= 4 is 17.5 Å². The van der Waals surface area contributed by atoms with E-state index in [-0.39, 0.29) is 17.9 Å². The quantitative estimate of drug-likeness (QED) is 0.549. The van der Waals surface area contributed by atoms with Gasteiger partial charge in [0, 0.05) is 11.3 Å². The molecular weight excluding hydrogens is 360 g/mol. The lowest BCUT2D eigenvalue weighted by molar-refractivity contribution is -0.137. The summed E-state index contributed by atoms with van der Waals surface area (Å²) in [5, 5.41) is 13.4. The molecule has 1 heterocycles. The average Bonchev–Trinajstić information content (AvgIpc) is 2.54. The van der Waals surface area contributed by atoms with E-state index in [4.69, 9.17) is 5.11 Å². The van der Waals surface area contributed by atoms with Gasteiger partial charge in [0.1, 0.15) is 12.3 Å². The van der Waals surface area contributed by atoms with Crippen LogP contribution in [0.5, 0.6) is 0 Å². The molecule has 1 aromatic carbocycles. The summed E-state index contributed by atoms with van der Waals surface area (Å²) in [6.07, 6.45) is -15.0. The van der Waals surface area contributed by atoms with E-state index in [0.717, 1.165) is 12.1 Å². The van der Waals surface area contributed by atoms with Gasteiger partial charge < -0.3 is 15.2 Å². The number of nitrogens with zero attached hydrogens (tertiary/aromatic N) is 1. The molecule has 0 bridgehead atoms. The monoisotopic (exact) mass is 371 g/mol. The number of hydrogen-bond acceptors (Lipinski definition) is 5. The Bertz CT molecular complexity index is 679. The Balaban J connectivity index is 2.33. The minimum absolute atomic E-state index is 0.0315. The van der Waals surface area contributed by atoms with E-state index in [0.29, 0.717) is 6.07 Å². The molecule has 3 atom stereocenters. The third-order valence-corrected chi connectivity index (χ3v) is 3.12. The standard InChI is InChI=1S/C13H11F6N3O3/c14-9(11(16)23)10(15)20-7-2-1-5(3-6(7)13(17,18)19)8-4-25-12(24)22-21-8/h1-3,9-11,20,23H,4H2,(H,22,24)/t9-,10?,11?/m0/s1. The van der Waals surface area contributed by atoms with Crippen molar-refractivity contribution in [3.8, 4) is 0 Å². The highest BCUT2D eigenvalue weighted by molar-refractivity contribution is 6.04. The van der Waals surface area contributed by atoms with Gasteiger partial charge in [-0.05, 0) is 12.1 Å². The Labute approximate surface area is 136 Å². The summed E-state index contributed by atoms with van der Waals surface area (Å²) in [7, 11) is 0. The van der Waals surface area contributed by atoms with Gasteiger partial charge in [-0.3, -0.25) is 0 Å². The molecule has 0 fully saturated rings. The number of rotatable bonds is 5. The van der Waals surface area contributed by atoms with E-state index in [1.807, 2.05) is 5.43 Å². The maximum atomic E-state index is 13.5. The fourth-order valence-corrected chi connectivity index (χ4v) is 1.91. The molecule has 0 aliphatic carbocycles. The van der Waals surface area contributed by atoms with Gasteiger partial charge in [-0.2, -0.15) is 18.3 Å². The molecule has 0 aromatic heterocycles. The van der Waals surface area contributed by atoms with Crippen molar-refractivity contribution in [2.24, 2.45) is 5.10 Å². The number of hydrazone groups is 1. The lowest BCUT2D eigenvalue weighted by atomic mass is 10.0. The molecule has 2 rings (SSSR count). The summed E-state index contributed by atoms with van der Waals surface area (Å²) in [6, 6.07) is 2.44. The highest BCUT2D eigenvalue weighted by atomic mass is 19.4. The van der Waals surface area contributed by atoms with Crippen molar-refractivity contribution in [3.05, 3.63) is 29.3 Å². The van der Waals surface area contributed by atoms with Gasteiger partial charge in [-0.25, -0.2) is 23.4 Å². The number of anilines is 1. The Morgan fingerprint density at radius 3 is 2.48 bits per heavy atom. The number of alkyl halides is 6. The van der Waals surface area contributed by atoms with Crippen LogP contribution < -0.4 is 10.7 Å². The summed E-state index contributed by atoms with van der Waals surface area (Å²) in [4.78, 5) is 10.8. The molecule has 6 nitrogen and oxygen atoms in total. The lowest BCUT2D eigenvalue weighted by Gasteiger charge is -2.21. The van der Waals surface area contributed by atoms with Gasteiger partial charge in [0.25, 0.3) is 0 Å². The van der Waals surface area contributed by atoms with Crippen molar-refractivity contribution in [2.75, 3.05) is 11.9 Å². The maximum absolute atomic E-state index is 13.5. The number of ether oxygens (including phenoxy) is 1. The summed E-state index contributed by atoms with van der Waals surface area (Å²) < 4.78 is 82.8. The van der Waals surface area contributed by atoms with E-state index < -0.39 is 42.3 Å². The Morgan fingerprint density at radius 2 is 1.96 bits per heavy atom. The van der Waals surface area contributed by atoms with Crippen LogP contribution in [0.4, 0.5) is 36.8 Å². The predicted octanol–water partition coefficient (Wildman–Crippen LogP) is 2.48. The van der Waals surface area contributed by atoms with Crippen LogP contribution in [0, 0.1) is 0 Å². The summed E-state index contributed by atoms with van der Waals surface area (Å²) in [6.45, 7) is -0.387. The molecule has 1 amide bonds. The number of hydrogen-bond donors (Lipinski definition) is 3. The highest BCUT2D eigenvalue weighted by Crippen LogP contribution is 2.36. The first kappa shape index (κ1) is 18.8. The molecule has 2 unspecified atom stereocenters. The van der Waals surface area contributed by atoms with E-state index >= 15 is 0 Å². The van der Waals surface area contributed by atoms with Crippen LogP contribution in [0.15, 0.2) is 23.3 Å². The number of carbonyl (C=O) groups is 1. The van der Waals surface area contributed by atoms with E-state index in [9.17, 15) is 31.1 Å². The predicted molar refractivity (Wildman–Crippen MR) is 73.0 cm³/mol. The normalized spacial score (nSPS) is 18.5. The van der Waals surface area contributed by atoms with Gasteiger partial charge in [-0.1, -0.05) is 6.07 Å². The molecule has 3 N–H and O–H groups in total. The molecule has 1 aliphatic rings. The van der Waals surface area contributed by atoms with Crippen LogP contribution in [-0.4, -0.2) is 42.3 Å². The molecule has 138 valence electrons. The van der Waals surface area contributed by atoms with Crippen LogP contribution in [-0.2, 0) is 10.9 Å². The van der Waals surface area contributed by atoms with Crippen molar-refractivity contribution in [1.82, 2.24) is 5.43 Å². The molecule has 1 aliphatic heterocycles. The third-order valence-electron chi connectivity index (χ3n) is 3.12. The van der Waals surface area contributed by atoms with Gasteiger partial charge >= 0.3 is 12.3 Å². The molecule has 1 aromatic rings. The van der Waals surface area contributed by atoms with Crippen LogP contribution in [0.1, 0.15) is 11.1 Å². The lowest BCUT2D eigenvalue weighted by Crippen LogP contribution is -2.34. The highest BCUT2D eigenvalue weighted by Gasteiger charge is 2.36. The first-order valence-electron chi connectivity index (χ1n) is 6.67. The molecule has 25 heavy (non-hydrogen) atoms. The number of cyclic esters (lactones) is 1. The van der Waals surface area contributed by atoms with Crippen LogP contribution in [0.2, 0.25) is 0 Å². The largest absolute Gasteiger partial charge is 0.442 e. The minimum atomic E-state index is -4.96. The van der Waals surface area contributed by atoms with E-state index in [2.05, 4.69) is 9.84 Å². The second-order valence-corrected chi connectivity index (χ2v) is 4.87. The second kappa shape index (κ2) is 7.17. The molecule has 0 radical (unpaired) electrons. The molecular formula is C13H11F6N3O3. The molecule has 0 spiro atoms. The minimum Gasteiger partial charge on any atom is -0.442 e. The van der Waals surface area contributed by atoms with Crippen molar-refractivity contribution in [3.63, 3.8) is 0 Å². The van der Waals surface area contributed by atoms with Gasteiger partial charge in [0.15, 0.2) is 0 Å². The zero-order valence-electron chi connectivity index (χ0n) is 12.1. The zero-order chi connectivity index (χ0) is 18.8. The maximum Gasteiger partial charge on any atom is 0.428 e. The first-order chi connectivity index (χ1) is 11.6. The second-order valence-electron chi connectivity index (χ2n) is 4.87. The van der Waals surface area contributed by atoms with Crippen LogP contribution in [0.25, 0.3) is 0 Å². The van der Waals surface area contributed by atoms with E-state index in [1.54, 1.807) is 0 Å². The third kappa shape index (κ3) is 4.53. The Hall–Kier alpha value is -2.50.